The normalized spacial score (nSPS) is 10.9. The van der Waals surface area contributed by atoms with Crippen LogP contribution in [0.15, 0.2) is 72.8 Å². The standard InChI is InChI=1S/C25H21NO3/c1-16-14-22-21(15-20(16)25(28)29)19(13-12-17-8-4-2-5-9-17)23(26-22)24(27)18-10-6-3-7-11-18/h2-11,14-15,26H,12-13H2,1H3,(H,28,29). The van der Waals surface area contributed by atoms with Crippen molar-refractivity contribution in [3.8, 4) is 0 Å². The Morgan fingerprint density at radius 1 is 0.897 bits per heavy atom. The van der Waals surface area contributed by atoms with Gasteiger partial charge in [-0.2, -0.15) is 0 Å². The molecule has 4 rings (SSSR count). The first-order valence-electron chi connectivity index (χ1n) is 9.57. The molecule has 0 amide bonds. The monoisotopic (exact) mass is 383 g/mol. The fraction of sp³-hybridized carbons (Fsp3) is 0.120. The molecule has 0 unspecified atom stereocenters. The second-order valence-electron chi connectivity index (χ2n) is 7.18. The summed E-state index contributed by atoms with van der Waals surface area (Å²) in [6.45, 7) is 1.77. The second kappa shape index (κ2) is 7.76. The zero-order chi connectivity index (χ0) is 20.4. The molecule has 2 N–H and O–H groups in total. The number of nitrogens with one attached hydrogen (secondary N) is 1. The van der Waals surface area contributed by atoms with E-state index in [2.05, 4.69) is 17.1 Å². The minimum Gasteiger partial charge on any atom is -0.478 e. The molecule has 0 aliphatic rings. The van der Waals surface area contributed by atoms with Crippen molar-refractivity contribution in [1.29, 1.82) is 0 Å². The summed E-state index contributed by atoms with van der Waals surface area (Å²) < 4.78 is 0. The molecule has 0 aliphatic heterocycles. The van der Waals surface area contributed by atoms with E-state index in [0.29, 0.717) is 23.2 Å². The van der Waals surface area contributed by atoms with E-state index < -0.39 is 5.97 Å². The number of hydrogen-bond acceptors (Lipinski definition) is 2. The highest BCUT2D eigenvalue weighted by atomic mass is 16.4. The minimum atomic E-state index is -0.962. The lowest BCUT2D eigenvalue weighted by Gasteiger charge is -2.06. The molecule has 1 aromatic heterocycles. The molecule has 29 heavy (non-hydrogen) atoms. The summed E-state index contributed by atoms with van der Waals surface area (Å²) >= 11 is 0. The lowest BCUT2D eigenvalue weighted by atomic mass is 9.96. The van der Waals surface area contributed by atoms with E-state index in [-0.39, 0.29) is 11.3 Å². The number of aromatic nitrogens is 1. The molecule has 0 saturated carbocycles. The van der Waals surface area contributed by atoms with Gasteiger partial charge in [-0.1, -0.05) is 60.7 Å². The fourth-order valence-corrected chi connectivity index (χ4v) is 3.74. The van der Waals surface area contributed by atoms with Crippen LogP contribution < -0.4 is 0 Å². The third kappa shape index (κ3) is 3.69. The van der Waals surface area contributed by atoms with Gasteiger partial charge in [0.2, 0.25) is 5.78 Å². The maximum Gasteiger partial charge on any atom is 0.335 e. The second-order valence-corrected chi connectivity index (χ2v) is 7.18. The van der Waals surface area contributed by atoms with Crippen LogP contribution in [0.3, 0.4) is 0 Å². The first-order valence-corrected chi connectivity index (χ1v) is 9.57. The van der Waals surface area contributed by atoms with Gasteiger partial charge in [-0.05, 0) is 48.6 Å². The van der Waals surface area contributed by atoms with Crippen LogP contribution in [0.5, 0.6) is 0 Å². The summed E-state index contributed by atoms with van der Waals surface area (Å²) in [5.41, 5.74) is 4.88. The number of carbonyl (C=O) groups excluding carboxylic acids is 1. The van der Waals surface area contributed by atoms with Crippen molar-refractivity contribution in [2.45, 2.75) is 19.8 Å². The number of ketones is 1. The number of carbonyl (C=O) groups is 2. The van der Waals surface area contributed by atoms with Crippen molar-refractivity contribution < 1.29 is 14.7 Å². The quantitative estimate of drug-likeness (QED) is 0.450. The van der Waals surface area contributed by atoms with Crippen LogP contribution in [0, 0.1) is 6.92 Å². The summed E-state index contributed by atoms with van der Waals surface area (Å²) in [4.78, 5) is 28.1. The molecule has 0 saturated heterocycles. The fourth-order valence-electron chi connectivity index (χ4n) is 3.74. The molecule has 4 heteroatoms. The van der Waals surface area contributed by atoms with Crippen molar-refractivity contribution in [3.63, 3.8) is 0 Å². The van der Waals surface area contributed by atoms with Crippen molar-refractivity contribution in [1.82, 2.24) is 4.98 Å². The summed E-state index contributed by atoms with van der Waals surface area (Å²) in [7, 11) is 0. The Balaban J connectivity index is 1.84. The van der Waals surface area contributed by atoms with Gasteiger partial charge in [0.25, 0.3) is 0 Å². The molecule has 0 radical (unpaired) electrons. The van der Waals surface area contributed by atoms with E-state index in [9.17, 15) is 14.7 Å². The first-order chi connectivity index (χ1) is 14.0. The molecule has 4 aromatic rings. The number of fused-ring (bicyclic) bond motifs is 1. The molecular weight excluding hydrogens is 362 g/mol. The van der Waals surface area contributed by atoms with Gasteiger partial charge in [0.1, 0.15) is 0 Å². The zero-order valence-corrected chi connectivity index (χ0v) is 16.1. The summed E-state index contributed by atoms with van der Waals surface area (Å²) in [5, 5.41) is 10.3. The number of carboxylic acid groups (broad SMARTS) is 1. The molecule has 0 spiro atoms. The van der Waals surface area contributed by atoms with Crippen LogP contribution in [0.2, 0.25) is 0 Å². The SMILES string of the molecule is Cc1cc2[nH]c(C(=O)c3ccccc3)c(CCc3ccccc3)c2cc1C(=O)O. The van der Waals surface area contributed by atoms with Crippen LogP contribution in [-0.2, 0) is 12.8 Å². The van der Waals surface area contributed by atoms with Crippen molar-refractivity contribution in [3.05, 3.63) is 106 Å². The van der Waals surface area contributed by atoms with Crippen molar-refractivity contribution in [2.24, 2.45) is 0 Å². The zero-order valence-electron chi connectivity index (χ0n) is 16.1. The van der Waals surface area contributed by atoms with Gasteiger partial charge < -0.3 is 10.1 Å². The van der Waals surface area contributed by atoms with Gasteiger partial charge in [0.15, 0.2) is 0 Å². The molecule has 0 bridgehead atoms. The summed E-state index contributed by atoms with van der Waals surface area (Å²) in [5.74, 6) is -1.05. The number of aromatic carboxylic acids is 1. The number of benzene rings is 3. The smallest absolute Gasteiger partial charge is 0.335 e. The van der Waals surface area contributed by atoms with Gasteiger partial charge in [-0.15, -0.1) is 0 Å². The number of carboxylic acids is 1. The average molecular weight is 383 g/mol. The van der Waals surface area contributed by atoms with E-state index in [1.165, 1.54) is 5.56 Å². The van der Waals surface area contributed by atoms with Crippen LogP contribution >= 0.6 is 0 Å². The number of H-pyrrole nitrogens is 1. The van der Waals surface area contributed by atoms with Crippen LogP contribution in [0.1, 0.15) is 43.1 Å². The first kappa shape index (κ1) is 18.7. The number of hydrogen-bond donors (Lipinski definition) is 2. The predicted molar refractivity (Wildman–Crippen MR) is 114 cm³/mol. The maximum atomic E-state index is 13.2. The van der Waals surface area contributed by atoms with Gasteiger partial charge in [-0.3, -0.25) is 4.79 Å². The lowest BCUT2D eigenvalue weighted by Crippen LogP contribution is -2.06. The van der Waals surface area contributed by atoms with Gasteiger partial charge in [0, 0.05) is 16.5 Å². The molecule has 1 heterocycles. The Hall–Kier alpha value is -3.66. The van der Waals surface area contributed by atoms with Gasteiger partial charge in [-0.25, -0.2) is 4.79 Å². The summed E-state index contributed by atoms with van der Waals surface area (Å²) in [6.07, 6.45) is 1.40. The molecular formula is C25H21NO3. The molecule has 3 aromatic carbocycles. The van der Waals surface area contributed by atoms with Crippen molar-refractivity contribution in [2.75, 3.05) is 0 Å². The largest absolute Gasteiger partial charge is 0.478 e. The Labute approximate surface area is 168 Å². The van der Waals surface area contributed by atoms with E-state index in [1.54, 1.807) is 25.1 Å². The van der Waals surface area contributed by atoms with Gasteiger partial charge in [0.05, 0.1) is 11.3 Å². The molecule has 0 atom stereocenters. The van der Waals surface area contributed by atoms with Crippen molar-refractivity contribution >= 4 is 22.7 Å². The highest BCUT2D eigenvalue weighted by molar-refractivity contribution is 6.12. The van der Waals surface area contributed by atoms with E-state index in [1.807, 2.05) is 42.5 Å². The van der Waals surface area contributed by atoms with E-state index in [4.69, 9.17) is 0 Å². The third-order valence-corrected chi connectivity index (χ3v) is 5.25. The molecule has 0 aliphatic carbocycles. The minimum absolute atomic E-state index is 0.0839. The number of rotatable bonds is 6. The topological polar surface area (TPSA) is 70.2 Å². The summed E-state index contributed by atoms with van der Waals surface area (Å²) in [6, 6.07) is 22.7. The maximum absolute atomic E-state index is 13.2. The Morgan fingerprint density at radius 3 is 2.21 bits per heavy atom. The highest BCUT2D eigenvalue weighted by Crippen LogP contribution is 2.29. The highest BCUT2D eigenvalue weighted by Gasteiger charge is 2.21. The Kier molecular flexibility index (Phi) is 5.00. The van der Waals surface area contributed by atoms with Crippen LogP contribution in [0.25, 0.3) is 10.9 Å². The molecule has 144 valence electrons. The van der Waals surface area contributed by atoms with Crippen LogP contribution in [-0.4, -0.2) is 21.8 Å². The number of aryl methyl sites for hydroxylation is 3. The molecule has 0 fully saturated rings. The molecule has 4 nitrogen and oxygen atoms in total. The number of aromatic amines is 1. The average Bonchev–Trinajstić information content (AvgIpc) is 3.09. The predicted octanol–water partition coefficient (Wildman–Crippen LogP) is 5.19. The van der Waals surface area contributed by atoms with E-state index in [0.717, 1.165) is 22.9 Å². The Bertz CT molecular complexity index is 1190. The van der Waals surface area contributed by atoms with Gasteiger partial charge >= 0.3 is 5.97 Å². The van der Waals surface area contributed by atoms with E-state index >= 15 is 0 Å². The lowest BCUT2D eigenvalue weighted by molar-refractivity contribution is 0.0696. The Morgan fingerprint density at radius 2 is 1.55 bits per heavy atom. The third-order valence-electron chi connectivity index (χ3n) is 5.25. The van der Waals surface area contributed by atoms with Crippen LogP contribution in [0.4, 0.5) is 0 Å².